The quantitative estimate of drug-likeness (QED) is 0.729. The zero-order valence-corrected chi connectivity index (χ0v) is 11.5. The van der Waals surface area contributed by atoms with E-state index in [2.05, 4.69) is 9.46 Å². The molecule has 3 N–H and O–H groups in total. The van der Waals surface area contributed by atoms with E-state index in [0.717, 1.165) is 0 Å². The standard InChI is InChI=1S/C10H15F3N2O4S/c1-7-9(4-8(5-14)19-7)20(16,17)15-2-3-18-6-10(11,12)13/h4,15H,2-3,5-6,14H2,1H3. The molecule has 0 fully saturated rings. The van der Waals surface area contributed by atoms with Gasteiger partial charge in [-0.3, -0.25) is 0 Å². The molecule has 0 unspecified atom stereocenters. The van der Waals surface area contributed by atoms with Crippen LogP contribution >= 0.6 is 0 Å². The summed E-state index contributed by atoms with van der Waals surface area (Å²) in [6.07, 6.45) is -4.43. The van der Waals surface area contributed by atoms with Gasteiger partial charge in [-0.25, -0.2) is 13.1 Å². The first-order chi connectivity index (χ1) is 9.15. The second-order valence-electron chi connectivity index (χ2n) is 3.90. The fraction of sp³-hybridized carbons (Fsp3) is 0.600. The Kier molecular flexibility index (Phi) is 5.57. The number of sulfonamides is 1. The molecule has 0 aliphatic carbocycles. The maximum Gasteiger partial charge on any atom is 0.411 e. The molecule has 0 aromatic carbocycles. The number of nitrogens with two attached hydrogens (primary N) is 1. The molecule has 20 heavy (non-hydrogen) atoms. The summed E-state index contributed by atoms with van der Waals surface area (Å²) in [5.74, 6) is 0.463. The number of rotatable bonds is 7. The van der Waals surface area contributed by atoms with Crippen molar-refractivity contribution >= 4 is 10.0 Å². The Hall–Kier alpha value is -1.10. The van der Waals surface area contributed by atoms with Crippen LogP contribution in [0.2, 0.25) is 0 Å². The molecule has 0 bridgehead atoms. The molecule has 1 aromatic heterocycles. The minimum Gasteiger partial charge on any atom is -0.464 e. The molecule has 0 atom stereocenters. The smallest absolute Gasteiger partial charge is 0.411 e. The van der Waals surface area contributed by atoms with Gasteiger partial charge in [0.05, 0.1) is 13.2 Å². The molecule has 116 valence electrons. The Bertz CT molecular complexity index is 539. The molecule has 1 rings (SSSR count). The Labute approximate surface area is 114 Å². The summed E-state index contributed by atoms with van der Waals surface area (Å²) in [5, 5.41) is 0. The normalized spacial score (nSPS) is 12.8. The number of ether oxygens (including phenoxy) is 1. The monoisotopic (exact) mass is 316 g/mol. The molecule has 10 heteroatoms. The summed E-state index contributed by atoms with van der Waals surface area (Å²) in [4.78, 5) is -0.0891. The zero-order chi connectivity index (χ0) is 15.4. The highest BCUT2D eigenvalue weighted by Crippen LogP contribution is 2.19. The van der Waals surface area contributed by atoms with Crippen LogP contribution in [0.5, 0.6) is 0 Å². The summed E-state index contributed by atoms with van der Waals surface area (Å²) >= 11 is 0. The van der Waals surface area contributed by atoms with Gasteiger partial charge in [-0.1, -0.05) is 0 Å². The first-order valence-corrected chi connectivity index (χ1v) is 7.07. The van der Waals surface area contributed by atoms with Gasteiger partial charge in [0, 0.05) is 12.6 Å². The second-order valence-corrected chi connectivity index (χ2v) is 5.64. The third kappa shape index (κ3) is 5.12. The molecule has 1 heterocycles. The third-order valence-corrected chi connectivity index (χ3v) is 3.79. The van der Waals surface area contributed by atoms with E-state index in [0.29, 0.717) is 5.76 Å². The summed E-state index contributed by atoms with van der Waals surface area (Å²) in [6, 6.07) is 1.27. The van der Waals surface area contributed by atoms with Gasteiger partial charge in [-0.15, -0.1) is 0 Å². The van der Waals surface area contributed by atoms with Crippen LogP contribution in [-0.4, -0.2) is 34.4 Å². The molecular formula is C10H15F3N2O4S. The van der Waals surface area contributed by atoms with Gasteiger partial charge in [0.15, 0.2) is 0 Å². The van der Waals surface area contributed by atoms with Gasteiger partial charge < -0.3 is 14.9 Å². The van der Waals surface area contributed by atoms with Gasteiger partial charge in [0.1, 0.15) is 23.0 Å². The average molecular weight is 316 g/mol. The van der Waals surface area contributed by atoms with Gasteiger partial charge in [-0.2, -0.15) is 13.2 Å². The van der Waals surface area contributed by atoms with Crippen molar-refractivity contribution in [3.63, 3.8) is 0 Å². The van der Waals surface area contributed by atoms with E-state index in [1.807, 2.05) is 0 Å². The van der Waals surface area contributed by atoms with E-state index in [1.165, 1.54) is 13.0 Å². The van der Waals surface area contributed by atoms with Crippen molar-refractivity contribution in [2.75, 3.05) is 19.8 Å². The molecule has 6 nitrogen and oxygen atoms in total. The number of hydrogen-bond donors (Lipinski definition) is 2. The van der Waals surface area contributed by atoms with Crippen molar-refractivity contribution in [1.82, 2.24) is 4.72 Å². The highest BCUT2D eigenvalue weighted by Gasteiger charge is 2.27. The van der Waals surface area contributed by atoms with Gasteiger partial charge in [-0.05, 0) is 6.92 Å². The lowest BCUT2D eigenvalue weighted by atomic mass is 10.4. The Balaban J connectivity index is 2.51. The van der Waals surface area contributed by atoms with Crippen molar-refractivity contribution in [2.45, 2.75) is 24.5 Å². The van der Waals surface area contributed by atoms with Crippen molar-refractivity contribution in [3.05, 3.63) is 17.6 Å². The molecule has 1 aromatic rings. The Morgan fingerprint density at radius 2 is 2.10 bits per heavy atom. The average Bonchev–Trinajstić information content (AvgIpc) is 2.69. The number of hydrogen-bond acceptors (Lipinski definition) is 5. The predicted molar refractivity (Wildman–Crippen MR) is 63.4 cm³/mol. The van der Waals surface area contributed by atoms with E-state index in [1.54, 1.807) is 0 Å². The predicted octanol–water partition coefficient (Wildman–Crippen LogP) is 0.904. The van der Waals surface area contributed by atoms with Gasteiger partial charge >= 0.3 is 6.18 Å². The van der Waals surface area contributed by atoms with E-state index in [9.17, 15) is 21.6 Å². The molecular weight excluding hydrogens is 301 g/mol. The number of aryl methyl sites for hydroxylation is 1. The molecule has 0 saturated heterocycles. The van der Waals surface area contributed by atoms with Gasteiger partial charge in [0.25, 0.3) is 0 Å². The number of halogens is 3. The van der Waals surface area contributed by atoms with Crippen molar-refractivity contribution in [3.8, 4) is 0 Å². The molecule has 0 amide bonds. The van der Waals surface area contributed by atoms with E-state index >= 15 is 0 Å². The fourth-order valence-electron chi connectivity index (χ4n) is 1.41. The lowest BCUT2D eigenvalue weighted by molar-refractivity contribution is -0.173. The minimum atomic E-state index is -4.43. The summed E-state index contributed by atoms with van der Waals surface area (Å²) < 4.78 is 70.6. The molecule has 0 radical (unpaired) electrons. The molecule has 0 saturated carbocycles. The topological polar surface area (TPSA) is 94.6 Å². The minimum absolute atomic E-state index is 0.0467. The van der Waals surface area contributed by atoms with Crippen LogP contribution in [-0.2, 0) is 21.3 Å². The van der Waals surface area contributed by atoms with Crippen LogP contribution in [0.4, 0.5) is 13.2 Å². The lowest BCUT2D eigenvalue weighted by Crippen LogP contribution is -2.29. The summed E-state index contributed by atoms with van der Waals surface area (Å²) in [5.41, 5.74) is 5.32. The first kappa shape index (κ1) is 17.0. The SMILES string of the molecule is Cc1oc(CN)cc1S(=O)(=O)NCCOCC(F)(F)F. The zero-order valence-electron chi connectivity index (χ0n) is 10.7. The van der Waals surface area contributed by atoms with Crippen LogP contribution in [0, 0.1) is 6.92 Å². The maximum atomic E-state index is 11.9. The molecule has 0 spiro atoms. The second kappa shape index (κ2) is 6.57. The Morgan fingerprint density at radius 1 is 1.45 bits per heavy atom. The maximum absolute atomic E-state index is 11.9. The lowest BCUT2D eigenvalue weighted by Gasteiger charge is -2.08. The van der Waals surface area contributed by atoms with Crippen molar-refractivity contribution in [2.24, 2.45) is 5.73 Å². The van der Waals surface area contributed by atoms with Crippen molar-refractivity contribution < 1.29 is 30.7 Å². The van der Waals surface area contributed by atoms with Crippen molar-refractivity contribution in [1.29, 1.82) is 0 Å². The fourth-order valence-corrected chi connectivity index (χ4v) is 2.62. The van der Waals surface area contributed by atoms with Crippen LogP contribution in [0.25, 0.3) is 0 Å². The highest BCUT2D eigenvalue weighted by molar-refractivity contribution is 7.89. The van der Waals surface area contributed by atoms with E-state index < -0.39 is 22.8 Å². The van der Waals surface area contributed by atoms with E-state index in [4.69, 9.17) is 10.2 Å². The summed E-state index contributed by atoms with van der Waals surface area (Å²) in [7, 11) is -3.86. The summed E-state index contributed by atoms with van der Waals surface area (Å²) in [6.45, 7) is -0.587. The first-order valence-electron chi connectivity index (χ1n) is 5.59. The largest absolute Gasteiger partial charge is 0.464 e. The van der Waals surface area contributed by atoms with Crippen LogP contribution in [0.1, 0.15) is 11.5 Å². The van der Waals surface area contributed by atoms with Gasteiger partial charge in [0.2, 0.25) is 10.0 Å². The Morgan fingerprint density at radius 3 is 2.60 bits per heavy atom. The number of nitrogens with one attached hydrogen (secondary N) is 1. The molecule has 0 aliphatic heterocycles. The highest BCUT2D eigenvalue weighted by atomic mass is 32.2. The van der Waals surface area contributed by atoms with Crippen LogP contribution in [0.3, 0.4) is 0 Å². The van der Waals surface area contributed by atoms with E-state index in [-0.39, 0.29) is 30.4 Å². The van der Waals surface area contributed by atoms with Crippen LogP contribution < -0.4 is 10.5 Å². The van der Waals surface area contributed by atoms with Crippen LogP contribution in [0.15, 0.2) is 15.4 Å². The third-order valence-electron chi connectivity index (χ3n) is 2.22. The number of alkyl halides is 3. The number of furan rings is 1. The molecule has 0 aliphatic rings.